The first kappa shape index (κ1) is 13.3. The van der Waals surface area contributed by atoms with Gasteiger partial charge in [0, 0.05) is 11.3 Å². The second-order valence-electron chi connectivity index (χ2n) is 4.52. The maximum Gasteiger partial charge on any atom is 0.255 e. The van der Waals surface area contributed by atoms with Gasteiger partial charge in [-0.25, -0.2) is 0 Å². The number of amides is 1. The molecule has 1 fully saturated rings. The minimum absolute atomic E-state index is 0.0488. The fraction of sp³-hybridized carbons (Fsp3) is 0.500. The number of aromatic hydroxyl groups is 1. The number of hydrogen-bond donors (Lipinski definition) is 2. The van der Waals surface area contributed by atoms with E-state index in [1.54, 1.807) is 24.3 Å². The summed E-state index contributed by atoms with van der Waals surface area (Å²) in [7, 11) is 0. The van der Waals surface area contributed by atoms with E-state index in [0.29, 0.717) is 10.8 Å². The molecular weight excluding hydrogens is 246 g/mol. The zero-order valence-electron chi connectivity index (χ0n) is 10.6. The highest BCUT2D eigenvalue weighted by Gasteiger charge is 2.29. The van der Waals surface area contributed by atoms with Crippen molar-refractivity contribution in [2.45, 2.75) is 37.5 Å². The smallest absolute Gasteiger partial charge is 0.255 e. The van der Waals surface area contributed by atoms with Gasteiger partial charge in [-0.3, -0.25) is 4.79 Å². The van der Waals surface area contributed by atoms with Crippen molar-refractivity contribution in [1.29, 1.82) is 0 Å². The number of carbonyl (C=O) groups excluding carboxylic acids is 1. The van der Waals surface area contributed by atoms with Gasteiger partial charge in [0.25, 0.3) is 5.91 Å². The molecule has 2 atom stereocenters. The predicted molar refractivity (Wildman–Crippen MR) is 75.1 cm³/mol. The number of phenolic OH excluding ortho intramolecular Hbond substituents is 1. The van der Waals surface area contributed by atoms with Crippen molar-refractivity contribution in [3.8, 4) is 5.75 Å². The first-order valence-electron chi connectivity index (χ1n) is 6.43. The standard InChI is InChI=1S/C14H19NO2S/c1-2-18-13-9-5-7-11(13)15-14(17)10-6-3-4-8-12(10)16/h3-4,6,8,11,13,16H,2,5,7,9H2,1H3,(H,15,17). The molecule has 1 amide bonds. The highest BCUT2D eigenvalue weighted by molar-refractivity contribution is 7.99. The second-order valence-corrected chi connectivity index (χ2v) is 6.04. The van der Waals surface area contributed by atoms with Gasteiger partial charge >= 0.3 is 0 Å². The van der Waals surface area contributed by atoms with E-state index in [4.69, 9.17) is 0 Å². The van der Waals surface area contributed by atoms with Gasteiger partial charge < -0.3 is 10.4 Å². The lowest BCUT2D eigenvalue weighted by Crippen LogP contribution is -2.38. The maximum atomic E-state index is 12.1. The molecule has 2 unspecified atom stereocenters. The van der Waals surface area contributed by atoms with Crippen LogP contribution >= 0.6 is 11.8 Å². The highest BCUT2D eigenvalue weighted by atomic mass is 32.2. The van der Waals surface area contributed by atoms with E-state index >= 15 is 0 Å². The molecule has 1 aliphatic carbocycles. The molecule has 1 aromatic rings. The van der Waals surface area contributed by atoms with Crippen molar-refractivity contribution in [3.05, 3.63) is 29.8 Å². The molecule has 3 nitrogen and oxygen atoms in total. The van der Waals surface area contributed by atoms with Gasteiger partial charge in [0.05, 0.1) is 5.56 Å². The molecule has 0 radical (unpaired) electrons. The number of nitrogens with one attached hydrogen (secondary N) is 1. The Labute approximate surface area is 112 Å². The Morgan fingerprint density at radius 1 is 1.44 bits per heavy atom. The Morgan fingerprint density at radius 3 is 2.94 bits per heavy atom. The van der Waals surface area contributed by atoms with Gasteiger partial charge in [-0.2, -0.15) is 11.8 Å². The molecule has 4 heteroatoms. The topological polar surface area (TPSA) is 49.3 Å². The minimum Gasteiger partial charge on any atom is -0.507 e. The highest BCUT2D eigenvalue weighted by Crippen LogP contribution is 2.30. The van der Waals surface area contributed by atoms with Crippen molar-refractivity contribution in [3.63, 3.8) is 0 Å². The summed E-state index contributed by atoms with van der Waals surface area (Å²) in [6, 6.07) is 6.92. The molecule has 0 spiro atoms. The van der Waals surface area contributed by atoms with Crippen LogP contribution in [0.5, 0.6) is 5.75 Å². The van der Waals surface area contributed by atoms with E-state index in [9.17, 15) is 9.90 Å². The zero-order valence-corrected chi connectivity index (χ0v) is 11.4. The third kappa shape index (κ3) is 2.99. The fourth-order valence-corrected chi connectivity index (χ4v) is 3.61. The Bertz CT molecular complexity index is 422. The molecule has 2 rings (SSSR count). The zero-order chi connectivity index (χ0) is 13.0. The lowest BCUT2D eigenvalue weighted by atomic mass is 10.1. The van der Waals surface area contributed by atoms with Crippen LogP contribution in [-0.2, 0) is 0 Å². The average molecular weight is 265 g/mol. The Balaban J connectivity index is 2.01. The van der Waals surface area contributed by atoms with Gasteiger partial charge in [-0.15, -0.1) is 0 Å². The number of para-hydroxylation sites is 1. The predicted octanol–water partition coefficient (Wildman–Crippen LogP) is 2.80. The average Bonchev–Trinajstić information content (AvgIpc) is 2.78. The van der Waals surface area contributed by atoms with E-state index in [1.165, 1.54) is 12.8 Å². The summed E-state index contributed by atoms with van der Waals surface area (Å²) in [5.74, 6) is 0.961. The van der Waals surface area contributed by atoms with E-state index in [-0.39, 0.29) is 17.7 Å². The number of rotatable bonds is 4. The molecule has 1 aliphatic rings. The molecule has 2 N–H and O–H groups in total. The summed E-state index contributed by atoms with van der Waals surface area (Å²) in [6.45, 7) is 2.14. The maximum absolute atomic E-state index is 12.1. The van der Waals surface area contributed by atoms with Crippen molar-refractivity contribution < 1.29 is 9.90 Å². The first-order chi connectivity index (χ1) is 8.72. The molecule has 0 saturated heterocycles. The Morgan fingerprint density at radius 2 is 2.22 bits per heavy atom. The number of thioether (sulfide) groups is 1. The number of carbonyl (C=O) groups is 1. The summed E-state index contributed by atoms with van der Waals surface area (Å²) in [6.07, 6.45) is 3.38. The van der Waals surface area contributed by atoms with Crippen LogP contribution in [0.15, 0.2) is 24.3 Å². The van der Waals surface area contributed by atoms with Gasteiger partial charge in [0.1, 0.15) is 5.75 Å². The summed E-state index contributed by atoms with van der Waals surface area (Å²) >= 11 is 1.91. The van der Waals surface area contributed by atoms with Crippen LogP contribution in [0, 0.1) is 0 Å². The van der Waals surface area contributed by atoms with Crippen LogP contribution in [0.2, 0.25) is 0 Å². The molecule has 1 saturated carbocycles. The summed E-state index contributed by atoms with van der Waals surface area (Å²) < 4.78 is 0. The molecule has 98 valence electrons. The molecule has 0 aliphatic heterocycles. The van der Waals surface area contributed by atoms with Crippen LogP contribution in [-0.4, -0.2) is 28.1 Å². The Kier molecular flexibility index (Phi) is 4.53. The molecule has 0 heterocycles. The van der Waals surface area contributed by atoms with Gasteiger partial charge in [0.15, 0.2) is 0 Å². The van der Waals surface area contributed by atoms with Crippen molar-refractivity contribution in [2.24, 2.45) is 0 Å². The van der Waals surface area contributed by atoms with Crippen LogP contribution in [0.3, 0.4) is 0 Å². The molecular formula is C14H19NO2S. The van der Waals surface area contributed by atoms with E-state index in [2.05, 4.69) is 12.2 Å². The summed E-state index contributed by atoms with van der Waals surface area (Å²) in [4.78, 5) is 12.1. The lowest BCUT2D eigenvalue weighted by molar-refractivity contribution is 0.0936. The van der Waals surface area contributed by atoms with E-state index < -0.39 is 0 Å². The summed E-state index contributed by atoms with van der Waals surface area (Å²) in [5, 5.41) is 13.2. The first-order valence-corrected chi connectivity index (χ1v) is 7.47. The van der Waals surface area contributed by atoms with Crippen LogP contribution in [0.25, 0.3) is 0 Å². The molecule has 0 bridgehead atoms. The third-order valence-corrected chi connectivity index (χ3v) is 4.62. The lowest BCUT2D eigenvalue weighted by Gasteiger charge is -2.20. The van der Waals surface area contributed by atoms with Crippen molar-refractivity contribution in [2.75, 3.05) is 5.75 Å². The Hall–Kier alpha value is -1.16. The van der Waals surface area contributed by atoms with Crippen LogP contribution in [0.4, 0.5) is 0 Å². The fourth-order valence-electron chi connectivity index (χ4n) is 2.42. The van der Waals surface area contributed by atoms with E-state index in [0.717, 1.165) is 12.2 Å². The van der Waals surface area contributed by atoms with Gasteiger partial charge in [0.2, 0.25) is 0 Å². The largest absolute Gasteiger partial charge is 0.507 e. The van der Waals surface area contributed by atoms with Crippen molar-refractivity contribution >= 4 is 17.7 Å². The number of benzene rings is 1. The normalized spacial score (nSPS) is 22.9. The van der Waals surface area contributed by atoms with Gasteiger partial charge in [-0.05, 0) is 30.7 Å². The van der Waals surface area contributed by atoms with Crippen LogP contribution < -0.4 is 5.32 Å². The third-order valence-electron chi connectivity index (χ3n) is 3.30. The second kappa shape index (κ2) is 6.14. The summed E-state index contributed by atoms with van der Waals surface area (Å²) in [5.41, 5.74) is 0.365. The number of phenols is 1. The van der Waals surface area contributed by atoms with Crippen LogP contribution in [0.1, 0.15) is 36.5 Å². The molecule has 18 heavy (non-hydrogen) atoms. The molecule has 0 aromatic heterocycles. The van der Waals surface area contributed by atoms with E-state index in [1.807, 2.05) is 11.8 Å². The quantitative estimate of drug-likeness (QED) is 0.880. The SMILES string of the molecule is CCSC1CCCC1NC(=O)c1ccccc1O. The van der Waals surface area contributed by atoms with Crippen molar-refractivity contribution in [1.82, 2.24) is 5.32 Å². The van der Waals surface area contributed by atoms with Gasteiger partial charge in [-0.1, -0.05) is 25.5 Å². The monoisotopic (exact) mass is 265 g/mol. The number of hydrogen-bond acceptors (Lipinski definition) is 3. The minimum atomic E-state index is -0.165. The molecule has 1 aromatic carbocycles.